The molecule has 0 radical (unpaired) electrons. The molecule has 1 amide bonds. The Morgan fingerprint density at radius 3 is 3.00 bits per heavy atom. The van der Waals surface area contributed by atoms with Gasteiger partial charge in [-0.3, -0.25) is 4.79 Å². The summed E-state index contributed by atoms with van der Waals surface area (Å²) in [5, 5.41) is 12.1. The molecule has 1 fully saturated rings. The summed E-state index contributed by atoms with van der Waals surface area (Å²) in [5.74, 6) is 0.438. The molecule has 0 saturated heterocycles. The maximum absolute atomic E-state index is 11.9. The Bertz CT molecular complexity index is 381. The van der Waals surface area contributed by atoms with E-state index in [9.17, 15) is 4.79 Å². The maximum Gasteiger partial charge on any atom is 0.267 e. The van der Waals surface area contributed by atoms with Crippen molar-refractivity contribution < 1.29 is 9.90 Å². The van der Waals surface area contributed by atoms with Crippen molar-refractivity contribution in [1.29, 1.82) is 0 Å². The summed E-state index contributed by atoms with van der Waals surface area (Å²) in [7, 11) is 0. The number of rotatable bonds is 5. The third-order valence-corrected chi connectivity index (χ3v) is 3.29. The molecule has 1 aromatic heterocycles. The van der Waals surface area contributed by atoms with Gasteiger partial charge in [0.2, 0.25) is 0 Å². The highest BCUT2D eigenvalue weighted by atomic mass is 16.3. The highest BCUT2D eigenvalue weighted by Gasteiger charge is 2.27. The van der Waals surface area contributed by atoms with Crippen molar-refractivity contribution in [2.45, 2.75) is 38.8 Å². The molecule has 0 unspecified atom stereocenters. The monoisotopic (exact) mass is 236 g/mol. The van der Waals surface area contributed by atoms with Gasteiger partial charge in [0.25, 0.3) is 5.91 Å². The van der Waals surface area contributed by atoms with Gasteiger partial charge in [0.05, 0.1) is 6.10 Å². The number of carbonyl (C=O) groups excluding carboxylic acids is 1. The lowest BCUT2D eigenvalue weighted by Gasteiger charge is -2.31. The SMILES string of the molecule is CCCn1cccc1C(=O)NCC1CC(O)C1. The second-order valence-corrected chi connectivity index (χ2v) is 4.79. The van der Waals surface area contributed by atoms with Crippen LogP contribution < -0.4 is 5.32 Å². The molecule has 0 spiro atoms. The number of hydrogen-bond donors (Lipinski definition) is 2. The topological polar surface area (TPSA) is 54.3 Å². The van der Waals surface area contributed by atoms with Crippen molar-refractivity contribution in [3.63, 3.8) is 0 Å². The van der Waals surface area contributed by atoms with Crippen LogP contribution in [0.3, 0.4) is 0 Å². The molecule has 1 aliphatic carbocycles. The van der Waals surface area contributed by atoms with Gasteiger partial charge in [-0.25, -0.2) is 0 Å². The van der Waals surface area contributed by atoms with Crippen LogP contribution in [0.4, 0.5) is 0 Å². The Labute approximate surface area is 102 Å². The average Bonchev–Trinajstić information content (AvgIpc) is 2.71. The number of aliphatic hydroxyl groups excluding tert-OH is 1. The van der Waals surface area contributed by atoms with Crippen LogP contribution in [0.25, 0.3) is 0 Å². The Morgan fingerprint density at radius 2 is 2.35 bits per heavy atom. The van der Waals surface area contributed by atoms with Gasteiger partial charge in [0.15, 0.2) is 0 Å². The molecule has 0 atom stereocenters. The number of nitrogens with one attached hydrogen (secondary N) is 1. The van der Waals surface area contributed by atoms with Gasteiger partial charge in [-0.2, -0.15) is 0 Å². The minimum atomic E-state index is -0.152. The summed E-state index contributed by atoms with van der Waals surface area (Å²) in [6.07, 6.45) is 4.43. The number of aliphatic hydroxyl groups is 1. The van der Waals surface area contributed by atoms with Crippen molar-refractivity contribution in [3.8, 4) is 0 Å². The highest BCUT2D eigenvalue weighted by molar-refractivity contribution is 5.92. The molecular formula is C13H20N2O2. The quantitative estimate of drug-likeness (QED) is 0.812. The molecule has 1 saturated carbocycles. The fourth-order valence-electron chi connectivity index (χ4n) is 2.25. The van der Waals surface area contributed by atoms with Crippen LogP contribution in [-0.2, 0) is 6.54 Å². The van der Waals surface area contributed by atoms with Crippen molar-refractivity contribution in [1.82, 2.24) is 9.88 Å². The standard InChI is InChI=1S/C13H20N2O2/c1-2-5-15-6-3-4-12(15)13(17)14-9-10-7-11(16)8-10/h3-4,6,10-11,16H,2,5,7-9H2,1H3,(H,14,17). The average molecular weight is 236 g/mol. The van der Waals surface area contributed by atoms with E-state index >= 15 is 0 Å². The van der Waals surface area contributed by atoms with Gasteiger partial charge in [-0.15, -0.1) is 0 Å². The third kappa shape index (κ3) is 2.88. The van der Waals surface area contributed by atoms with E-state index < -0.39 is 0 Å². The van der Waals surface area contributed by atoms with Crippen LogP contribution in [0.1, 0.15) is 36.7 Å². The van der Waals surface area contributed by atoms with E-state index in [2.05, 4.69) is 12.2 Å². The minimum Gasteiger partial charge on any atom is -0.393 e. The second-order valence-electron chi connectivity index (χ2n) is 4.79. The largest absolute Gasteiger partial charge is 0.393 e. The molecule has 1 aliphatic rings. The molecule has 4 heteroatoms. The lowest BCUT2D eigenvalue weighted by atomic mass is 9.82. The van der Waals surface area contributed by atoms with Gasteiger partial charge < -0.3 is 15.0 Å². The number of hydrogen-bond acceptors (Lipinski definition) is 2. The smallest absolute Gasteiger partial charge is 0.267 e. The fraction of sp³-hybridized carbons (Fsp3) is 0.615. The fourth-order valence-corrected chi connectivity index (χ4v) is 2.25. The van der Waals surface area contributed by atoms with Crippen LogP contribution in [0.15, 0.2) is 18.3 Å². The predicted molar refractivity (Wildman–Crippen MR) is 65.8 cm³/mol. The highest BCUT2D eigenvalue weighted by Crippen LogP contribution is 2.26. The van der Waals surface area contributed by atoms with E-state index in [0.29, 0.717) is 12.5 Å². The van der Waals surface area contributed by atoms with Crippen LogP contribution in [-0.4, -0.2) is 28.2 Å². The van der Waals surface area contributed by atoms with Gasteiger partial charge >= 0.3 is 0 Å². The van der Waals surface area contributed by atoms with E-state index in [4.69, 9.17) is 5.11 Å². The van der Waals surface area contributed by atoms with Crippen molar-refractivity contribution in [2.75, 3.05) is 6.54 Å². The van der Waals surface area contributed by atoms with Gasteiger partial charge in [-0.1, -0.05) is 6.92 Å². The second kappa shape index (κ2) is 5.36. The number of amides is 1. The minimum absolute atomic E-state index is 0.00941. The van der Waals surface area contributed by atoms with Gasteiger partial charge in [0.1, 0.15) is 5.69 Å². The normalized spacial score (nSPS) is 23.2. The Balaban J connectivity index is 1.84. The van der Waals surface area contributed by atoms with Crippen LogP contribution in [0.5, 0.6) is 0 Å². The zero-order valence-corrected chi connectivity index (χ0v) is 10.2. The molecule has 1 heterocycles. The summed E-state index contributed by atoms with van der Waals surface area (Å²) in [4.78, 5) is 11.9. The first-order valence-corrected chi connectivity index (χ1v) is 6.32. The molecule has 94 valence electrons. The molecular weight excluding hydrogens is 216 g/mol. The number of nitrogens with zero attached hydrogens (tertiary/aromatic N) is 1. The van der Waals surface area contributed by atoms with Crippen molar-refractivity contribution in [2.24, 2.45) is 5.92 Å². The first kappa shape index (κ1) is 12.2. The first-order chi connectivity index (χ1) is 8.20. The third-order valence-electron chi connectivity index (χ3n) is 3.29. The lowest BCUT2D eigenvalue weighted by molar-refractivity contribution is 0.0419. The predicted octanol–water partition coefficient (Wildman–Crippen LogP) is 1.40. The van der Waals surface area contributed by atoms with Gasteiger partial charge in [-0.05, 0) is 37.3 Å². The summed E-state index contributed by atoms with van der Waals surface area (Å²) in [6.45, 7) is 3.64. The molecule has 2 N–H and O–H groups in total. The molecule has 0 aromatic carbocycles. The van der Waals surface area contributed by atoms with E-state index in [1.165, 1.54) is 0 Å². The summed E-state index contributed by atoms with van der Waals surface area (Å²) >= 11 is 0. The maximum atomic E-state index is 11.9. The Morgan fingerprint density at radius 1 is 1.59 bits per heavy atom. The molecule has 0 bridgehead atoms. The summed E-state index contributed by atoms with van der Waals surface area (Å²) < 4.78 is 1.98. The molecule has 17 heavy (non-hydrogen) atoms. The molecule has 2 rings (SSSR count). The zero-order valence-electron chi connectivity index (χ0n) is 10.2. The van der Waals surface area contributed by atoms with E-state index in [1.54, 1.807) is 0 Å². The lowest BCUT2D eigenvalue weighted by Crippen LogP contribution is -2.38. The zero-order chi connectivity index (χ0) is 12.3. The van der Waals surface area contributed by atoms with E-state index in [1.807, 2.05) is 22.9 Å². The number of aryl methyl sites for hydroxylation is 1. The molecule has 4 nitrogen and oxygen atoms in total. The summed E-state index contributed by atoms with van der Waals surface area (Å²) in [5.41, 5.74) is 0.728. The van der Waals surface area contributed by atoms with Gasteiger partial charge in [0, 0.05) is 19.3 Å². The summed E-state index contributed by atoms with van der Waals surface area (Å²) in [6, 6.07) is 3.75. The molecule has 1 aromatic rings. The number of aromatic nitrogens is 1. The van der Waals surface area contributed by atoms with Crippen molar-refractivity contribution >= 4 is 5.91 Å². The van der Waals surface area contributed by atoms with Crippen LogP contribution in [0, 0.1) is 5.92 Å². The molecule has 0 aliphatic heterocycles. The Kier molecular flexibility index (Phi) is 3.84. The van der Waals surface area contributed by atoms with Crippen LogP contribution >= 0.6 is 0 Å². The van der Waals surface area contributed by atoms with E-state index in [-0.39, 0.29) is 12.0 Å². The first-order valence-electron chi connectivity index (χ1n) is 6.32. The number of carbonyl (C=O) groups is 1. The van der Waals surface area contributed by atoms with Crippen molar-refractivity contribution in [3.05, 3.63) is 24.0 Å². The Hall–Kier alpha value is -1.29. The van der Waals surface area contributed by atoms with Crippen LogP contribution in [0.2, 0.25) is 0 Å². The van der Waals surface area contributed by atoms with E-state index in [0.717, 1.165) is 31.5 Å².